The maximum Gasteiger partial charge on any atom is 0.152 e. The Morgan fingerprint density at radius 1 is 1.42 bits per heavy atom. The third-order valence-corrected chi connectivity index (χ3v) is 4.47. The van der Waals surface area contributed by atoms with E-state index in [-0.39, 0.29) is 5.60 Å². The third kappa shape index (κ3) is 3.34. The Bertz CT molecular complexity index is 383. The molecule has 2 N–H and O–H groups in total. The van der Waals surface area contributed by atoms with Crippen LogP contribution in [-0.2, 0) is 17.9 Å². The Balaban J connectivity index is 1.93. The summed E-state index contributed by atoms with van der Waals surface area (Å²) in [6.45, 7) is 6.27. The van der Waals surface area contributed by atoms with Crippen molar-refractivity contribution >= 4 is 0 Å². The number of ether oxygens (including phenoxy) is 1. The number of aryl methyl sites for hydroxylation is 1. The van der Waals surface area contributed by atoms with Gasteiger partial charge in [-0.2, -0.15) is 5.10 Å². The van der Waals surface area contributed by atoms with Crippen LogP contribution in [0, 0.1) is 5.92 Å². The third-order valence-electron chi connectivity index (χ3n) is 4.47. The molecule has 0 aromatic carbocycles. The zero-order chi connectivity index (χ0) is 13.7. The second-order valence-corrected chi connectivity index (χ2v) is 5.52. The molecule has 1 fully saturated rings. The maximum atomic E-state index is 6.15. The Morgan fingerprint density at radius 3 is 2.74 bits per heavy atom. The fraction of sp³-hybridized carbons (Fsp3) is 0.857. The summed E-state index contributed by atoms with van der Waals surface area (Å²) in [5.41, 5.74) is 5.82. The van der Waals surface area contributed by atoms with Crippen LogP contribution in [0.15, 0.2) is 6.33 Å². The van der Waals surface area contributed by atoms with Crippen LogP contribution in [0.3, 0.4) is 0 Å². The van der Waals surface area contributed by atoms with Gasteiger partial charge in [0.25, 0.3) is 0 Å². The van der Waals surface area contributed by atoms with Gasteiger partial charge in [0, 0.05) is 13.1 Å². The highest BCUT2D eigenvalue weighted by Crippen LogP contribution is 2.36. The van der Waals surface area contributed by atoms with Crippen molar-refractivity contribution in [1.29, 1.82) is 0 Å². The zero-order valence-corrected chi connectivity index (χ0v) is 12.1. The lowest BCUT2D eigenvalue weighted by Crippen LogP contribution is -2.44. The molecule has 1 heterocycles. The molecule has 5 heteroatoms. The number of aromatic nitrogens is 3. The smallest absolute Gasteiger partial charge is 0.152 e. The summed E-state index contributed by atoms with van der Waals surface area (Å²) in [5.74, 6) is 1.75. The minimum absolute atomic E-state index is 0.143. The first kappa shape index (κ1) is 14.5. The molecular formula is C14H26N4O. The van der Waals surface area contributed by atoms with Crippen molar-refractivity contribution in [1.82, 2.24) is 14.8 Å². The minimum Gasteiger partial charge on any atom is -0.366 e. The predicted octanol–water partition coefficient (Wildman–Crippen LogP) is 2.11. The quantitative estimate of drug-likeness (QED) is 0.856. The summed E-state index contributed by atoms with van der Waals surface area (Å²) in [7, 11) is 0. The van der Waals surface area contributed by atoms with Gasteiger partial charge in [0.05, 0.1) is 5.60 Å². The van der Waals surface area contributed by atoms with Gasteiger partial charge < -0.3 is 10.5 Å². The normalized spacial score (nSPS) is 27.6. The van der Waals surface area contributed by atoms with E-state index in [1.807, 2.05) is 4.68 Å². The standard InChI is InChI=1S/C14H26N4O/c1-3-12-5-7-14(10-15,8-6-12)19-9-13-16-11-17-18(13)4-2/h11-12H,3-10,15H2,1-2H3. The molecule has 108 valence electrons. The maximum absolute atomic E-state index is 6.15. The Morgan fingerprint density at radius 2 is 2.16 bits per heavy atom. The topological polar surface area (TPSA) is 66.0 Å². The lowest BCUT2D eigenvalue weighted by molar-refractivity contribution is -0.0843. The highest BCUT2D eigenvalue weighted by molar-refractivity contribution is 4.90. The first-order valence-electron chi connectivity index (χ1n) is 7.43. The van der Waals surface area contributed by atoms with Gasteiger partial charge in [-0.25, -0.2) is 9.67 Å². The van der Waals surface area contributed by atoms with Gasteiger partial charge in [0.15, 0.2) is 5.82 Å². The molecule has 0 spiro atoms. The molecule has 19 heavy (non-hydrogen) atoms. The van der Waals surface area contributed by atoms with Crippen LogP contribution >= 0.6 is 0 Å². The molecule has 0 unspecified atom stereocenters. The van der Waals surface area contributed by atoms with Gasteiger partial charge in [-0.05, 0) is 38.5 Å². The molecule has 5 nitrogen and oxygen atoms in total. The number of hydrogen-bond acceptors (Lipinski definition) is 4. The fourth-order valence-electron chi connectivity index (χ4n) is 2.90. The molecule has 1 saturated carbocycles. The molecule has 0 atom stereocenters. The fourth-order valence-corrected chi connectivity index (χ4v) is 2.90. The molecule has 0 saturated heterocycles. The van der Waals surface area contributed by atoms with Crippen molar-refractivity contribution in [3.05, 3.63) is 12.2 Å². The SMILES string of the molecule is CCC1CCC(CN)(OCc2ncnn2CC)CC1. The van der Waals surface area contributed by atoms with Crippen LogP contribution in [0.25, 0.3) is 0 Å². The number of rotatable bonds is 6. The Kier molecular flexibility index (Phi) is 4.93. The van der Waals surface area contributed by atoms with Crippen molar-refractivity contribution in [2.45, 2.75) is 64.7 Å². The first-order chi connectivity index (χ1) is 9.23. The number of nitrogens with zero attached hydrogens (tertiary/aromatic N) is 3. The summed E-state index contributed by atoms with van der Waals surface area (Å²) in [4.78, 5) is 4.25. The Hall–Kier alpha value is -0.940. The molecule has 0 radical (unpaired) electrons. The average molecular weight is 266 g/mol. The van der Waals surface area contributed by atoms with E-state index in [0.29, 0.717) is 13.2 Å². The van der Waals surface area contributed by atoms with Gasteiger partial charge >= 0.3 is 0 Å². The van der Waals surface area contributed by atoms with Crippen molar-refractivity contribution in [3.63, 3.8) is 0 Å². The molecule has 0 amide bonds. The van der Waals surface area contributed by atoms with Crippen molar-refractivity contribution in [2.75, 3.05) is 6.54 Å². The van der Waals surface area contributed by atoms with E-state index in [0.717, 1.165) is 31.1 Å². The largest absolute Gasteiger partial charge is 0.366 e. The molecule has 0 aliphatic heterocycles. The molecule has 1 aromatic rings. The summed E-state index contributed by atoms with van der Waals surface area (Å²) in [6, 6.07) is 0. The predicted molar refractivity (Wildman–Crippen MR) is 74.5 cm³/mol. The van der Waals surface area contributed by atoms with Crippen LogP contribution in [0.1, 0.15) is 51.8 Å². The lowest BCUT2D eigenvalue weighted by atomic mass is 9.77. The van der Waals surface area contributed by atoms with Crippen LogP contribution < -0.4 is 5.73 Å². The van der Waals surface area contributed by atoms with Crippen molar-refractivity contribution in [3.8, 4) is 0 Å². The van der Waals surface area contributed by atoms with Gasteiger partial charge in [-0.1, -0.05) is 13.3 Å². The minimum atomic E-state index is -0.143. The van der Waals surface area contributed by atoms with E-state index < -0.39 is 0 Å². The zero-order valence-electron chi connectivity index (χ0n) is 12.1. The van der Waals surface area contributed by atoms with Gasteiger partial charge in [-0.3, -0.25) is 0 Å². The molecule has 2 rings (SSSR count). The number of nitrogens with two attached hydrogens (primary N) is 1. The summed E-state index contributed by atoms with van der Waals surface area (Å²) < 4.78 is 8.03. The van der Waals surface area contributed by atoms with E-state index in [1.54, 1.807) is 6.33 Å². The second kappa shape index (κ2) is 6.48. The van der Waals surface area contributed by atoms with Crippen LogP contribution in [0.5, 0.6) is 0 Å². The summed E-state index contributed by atoms with van der Waals surface area (Å²) in [5, 5.41) is 4.17. The van der Waals surface area contributed by atoms with E-state index in [2.05, 4.69) is 23.9 Å². The van der Waals surface area contributed by atoms with E-state index >= 15 is 0 Å². The summed E-state index contributed by atoms with van der Waals surface area (Å²) >= 11 is 0. The summed E-state index contributed by atoms with van der Waals surface area (Å²) in [6.07, 6.45) is 7.46. The van der Waals surface area contributed by atoms with Crippen LogP contribution in [0.4, 0.5) is 0 Å². The van der Waals surface area contributed by atoms with Gasteiger partial charge in [0.2, 0.25) is 0 Å². The number of hydrogen-bond donors (Lipinski definition) is 1. The molecular weight excluding hydrogens is 240 g/mol. The molecule has 0 bridgehead atoms. The molecule has 1 aromatic heterocycles. The lowest BCUT2D eigenvalue weighted by Gasteiger charge is -2.39. The van der Waals surface area contributed by atoms with Crippen LogP contribution in [0.2, 0.25) is 0 Å². The van der Waals surface area contributed by atoms with E-state index in [4.69, 9.17) is 10.5 Å². The highest BCUT2D eigenvalue weighted by atomic mass is 16.5. The van der Waals surface area contributed by atoms with Crippen molar-refractivity contribution < 1.29 is 4.74 Å². The first-order valence-corrected chi connectivity index (χ1v) is 7.43. The average Bonchev–Trinajstić information content (AvgIpc) is 2.93. The van der Waals surface area contributed by atoms with Crippen LogP contribution in [-0.4, -0.2) is 26.9 Å². The van der Waals surface area contributed by atoms with Gasteiger partial charge in [-0.15, -0.1) is 0 Å². The Labute approximate surface area is 115 Å². The van der Waals surface area contributed by atoms with Crippen molar-refractivity contribution in [2.24, 2.45) is 11.7 Å². The second-order valence-electron chi connectivity index (χ2n) is 5.52. The monoisotopic (exact) mass is 266 g/mol. The van der Waals surface area contributed by atoms with E-state index in [9.17, 15) is 0 Å². The molecule has 1 aliphatic carbocycles. The van der Waals surface area contributed by atoms with Gasteiger partial charge in [0.1, 0.15) is 12.9 Å². The van der Waals surface area contributed by atoms with E-state index in [1.165, 1.54) is 19.3 Å². The highest BCUT2D eigenvalue weighted by Gasteiger charge is 2.34. The molecule has 1 aliphatic rings.